The lowest BCUT2D eigenvalue weighted by atomic mass is 9.93. The van der Waals surface area contributed by atoms with Crippen molar-refractivity contribution < 1.29 is 4.58 Å². The Balaban J connectivity index is 0.000000250. The van der Waals surface area contributed by atoms with E-state index in [9.17, 15) is 0 Å². The van der Waals surface area contributed by atoms with Crippen LogP contribution in [0.3, 0.4) is 0 Å². The van der Waals surface area contributed by atoms with Crippen LogP contribution >= 0.6 is 0 Å². The Morgan fingerprint density at radius 2 is 1.24 bits per heavy atom. The highest BCUT2D eigenvalue weighted by molar-refractivity contribution is 6.02. The average Bonchev–Trinajstić information content (AvgIpc) is 3.40. The Morgan fingerprint density at radius 1 is 0.655 bits per heavy atom. The summed E-state index contributed by atoms with van der Waals surface area (Å²) >= 11 is 0. The molecule has 0 atom stereocenters. The van der Waals surface area contributed by atoms with Gasteiger partial charge in [0.15, 0.2) is 6.54 Å². The van der Waals surface area contributed by atoms with Crippen molar-refractivity contribution in [3.63, 3.8) is 0 Å². The quantitative estimate of drug-likeness (QED) is 0.0983. The van der Waals surface area contributed by atoms with Gasteiger partial charge in [0.05, 0.1) is 6.54 Å². The van der Waals surface area contributed by atoms with Gasteiger partial charge in [0, 0.05) is 84.5 Å². The maximum Gasteiger partial charge on any atom is 0.215 e. The fourth-order valence-electron chi connectivity index (χ4n) is 7.93. The molecule has 5 aromatic carbocycles. The molecule has 58 heavy (non-hydrogen) atoms. The number of para-hydroxylation sites is 1. The molecular formula is C54H63N4+3. The molecule has 0 fully saturated rings. The summed E-state index contributed by atoms with van der Waals surface area (Å²) in [5, 5.41) is 2.62. The summed E-state index contributed by atoms with van der Waals surface area (Å²) in [5.74, 6) is 0. The molecule has 0 unspecified atom stereocenters. The number of nitrogens with zero attached hydrogens (tertiary/aromatic N) is 4. The van der Waals surface area contributed by atoms with Crippen molar-refractivity contribution in [1.82, 2.24) is 9.48 Å². The Hall–Kier alpha value is -5.67. The highest BCUT2D eigenvalue weighted by Crippen LogP contribution is 2.25. The monoisotopic (exact) mass is 768 g/mol. The normalized spacial score (nSPS) is 13.6. The van der Waals surface area contributed by atoms with Gasteiger partial charge in [-0.2, -0.15) is 4.58 Å². The fraction of sp³-hybridized carbons (Fsp3) is 0.296. The minimum Gasteiger partial charge on any atom is -0.372 e. The molecule has 4 heteroatoms. The number of fused-ring (bicyclic) bond motifs is 2. The molecule has 4 nitrogen and oxygen atoms in total. The van der Waals surface area contributed by atoms with Gasteiger partial charge >= 0.3 is 0 Å². The number of hydrogen-bond acceptors (Lipinski definition) is 2. The van der Waals surface area contributed by atoms with E-state index >= 15 is 0 Å². The van der Waals surface area contributed by atoms with Gasteiger partial charge in [0.2, 0.25) is 16.8 Å². The first kappa shape index (κ1) is 41.9. The molecule has 0 bridgehead atoms. The van der Waals surface area contributed by atoms with Crippen LogP contribution < -0.4 is 20.1 Å². The van der Waals surface area contributed by atoms with Crippen LogP contribution in [0, 0.1) is 19.9 Å². The van der Waals surface area contributed by atoms with E-state index in [1.807, 2.05) is 0 Å². The number of allylic oxidation sites excluding steroid dienone is 5. The SMILES string of the molecule is CCN(CC)c1ccc(C(c2ccc(C)cc2)=c2ccc3c(c2)CCc2ccccc2[N+]=3CCN(C)C)cc1.CC[N+](CC)=C1C=CC(=[C+]c2ccc(C)cc2)C=C1. The standard InChI is InChI=1S/C36H42N3.C18H21N/c1-6-38(7-2)33-21-18-30(19-22-33)36(29-14-12-27(3)13-15-29)32-20-23-35-31(26-32)17-16-28-10-8-9-11-34(28)39(35)25-24-37(4)5;1-4-19(5-2)18-12-10-17(11-13-18)14-16-8-6-15(3)7-9-16/h8-15,18-23,26H,6-7,16-17,24-25H2,1-5H3;6-13H,4-5H2,1-3H3/q+1;+2. The average molecular weight is 768 g/mol. The lowest BCUT2D eigenvalue weighted by Gasteiger charge is -2.21. The predicted octanol–water partition coefficient (Wildman–Crippen LogP) is 9.26. The van der Waals surface area contributed by atoms with Crippen LogP contribution in [0.2, 0.25) is 0 Å². The summed E-state index contributed by atoms with van der Waals surface area (Å²) < 4.78 is 4.88. The van der Waals surface area contributed by atoms with Crippen molar-refractivity contribution in [3.8, 4) is 0 Å². The molecule has 5 aromatic rings. The molecule has 1 aliphatic carbocycles. The molecule has 0 radical (unpaired) electrons. The van der Waals surface area contributed by atoms with Crippen LogP contribution in [0.25, 0.3) is 5.57 Å². The van der Waals surface area contributed by atoms with E-state index in [0.717, 1.165) is 63.2 Å². The summed E-state index contributed by atoms with van der Waals surface area (Å²) in [7, 11) is 4.31. The van der Waals surface area contributed by atoms with Gasteiger partial charge in [-0.05, 0) is 132 Å². The first-order valence-electron chi connectivity index (χ1n) is 21.3. The summed E-state index contributed by atoms with van der Waals surface area (Å²) in [6.07, 6.45) is 14.1. The summed E-state index contributed by atoms with van der Waals surface area (Å²) in [4.78, 5) is 4.67. The topological polar surface area (TPSA) is 12.5 Å². The minimum absolute atomic E-state index is 0.970. The van der Waals surface area contributed by atoms with Crippen molar-refractivity contribution >= 4 is 22.7 Å². The molecule has 0 saturated heterocycles. The Bertz CT molecular complexity index is 2380. The van der Waals surface area contributed by atoms with Crippen molar-refractivity contribution in [2.75, 3.05) is 58.3 Å². The van der Waals surface area contributed by atoms with Crippen molar-refractivity contribution in [1.29, 1.82) is 0 Å². The zero-order valence-electron chi connectivity index (χ0n) is 36.2. The maximum absolute atomic E-state index is 3.41. The van der Waals surface area contributed by atoms with Crippen LogP contribution in [0.1, 0.15) is 66.6 Å². The molecule has 1 heterocycles. The lowest BCUT2D eigenvalue weighted by molar-refractivity contribution is -0.519. The summed E-state index contributed by atoms with van der Waals surface area (Å²) in [5.41, 5.74) is 15.4. The van der Waals surface area contributed by atoms with Gasteiger partial charge in [-0.25, -0.2) is 4.58 Å². The summed E-state index contributed by atoms with van der Waals surface area (Å²) in [6, 6.07) is 42.7. The molecule has 0 N–H and O–H groups in total. The first-order chi connectivity index (χ1) is 28.2. The highest BCUT2D eigenvalue weighted by Gasteiger charge is 2.22. The molecule has 2 aliphatic rings. The van der Waals surface area contributed by atoms with Gasteiger partial charge in [-0.15, -0.1) is 0 Å². The van der Waals surface area contributed by atoms with Crippen molar-refractivity contribution in [3.05, 3.63) is 201 Å². The van der Waals surface area contributed by atoms with E-state index in [4.69, 9.17) is 0 Å². The number of aryl methyl sites for hydroxylation is 4. The van der Waals surface area contributed by atoms with E-state index in [-0.39, 0.29) is 0 Å². The van der Waals surface area contributed by atoms with Crippen LogP contribution in [-0.4, -0.2) is 68.6 Å². The minimum atomic E-state index is 0.970. The predicted molar refractivity (Wildman–Crippen MR) is 248 cm³/mol. The molecule has 0 saturated carbocycles. The van der Waals surface area contributed by atoms with Crippen molar-refractivity contribution in [2.45, 2.75) is 54.4 Å². The smallest absolute Gasteiger partial charge is 0.215 e. The fourth-order valence-corrected chi connectivity index (χ4v) is 7.93. The van der Waals surface area contributed by atoms with Gasteiger partial charge in [-0.1, -0.05) is 60.2 Å². The third-order valence-electron chi connectivity index (χ3n) is 11.3. The number of hydrogen-bond donors (Lipinski definition) is 0. The molecule has 296 valence electrons. The van der Waals surface area contributed by atoms with Crippen LogP contribution in [0.4, 0.5) is 11.4 Å². The zero-order chi connectivity index (χ0) is 41.0. The highest BCUT2D eigenvalue weighted by atomic mass is 15.1. The second kappa shape index (κ2) is 20.1. The number of anilines is 1. The third kappa shape index (κ3) is 10.4. The molecule has 1 aliphatic heterocycles. The molecule has 0 aromatic heterocycles. The third-order valence-corrected chi connectivity index (χ3v) is 11.3. The summed E-state index contributed by atoms with van der Waals surface area (Å²) in [6.45, 7) is 19.2. The second-order valence-corrected chi connectivity index (χ2v) is 15.6. The number of benzene rings is 5. The van der Waals surface area contributed by atoms with Gasteiger partial charge in [0.25, 0.3) is 0 Å². The van der Waals surface area contributed by atoms with Crippen molar-refractivity contribution in [2.24, 2.45) is 0 Å². The van der Waals surface area contributed by atoms with Crippen LogP contribution in [-0.2, 0) is 12.8 Å². The van der Waals surface area contributed by atoms with E-state index < -0.39 is 0 Å². The maximum atomic E-state index is 3.41. The Morgan fingerprint density at radius 3 is 1.84 bits per heavy atom. The van der Waals surface area contributed by atoms with Crippen LogP contribution in [0.5, 0.6) is 0 Å². The van der Waals surface area contributed by atoms with Gasteiger partial charge in [-0.3, -0.25) is 0 Å². The molecular weight excluding hydrogens is 705 g/mol. The zero-order valence-corrected chi connectivity index (χ0v) is 36.2. The van der Waals surface area contributed by atoms with E-state index in [0.29, 0.717) is 0 Å². The van der Waals surface area contributed by atoms with Gasteiger partial charge < -0.3 is 9.80 Å². The molecule has 0 amide bonds. The Labute approximate surface area is 348 Å². The largest absolute Gasteiger partial charge is 0.372 e. The second-order valence-electron chi connectivity index (χ2n) is 15.6. The van der Waals surface area contributed by atoms with E-state index in [1.54, 1.807) is 0 Å². The first-order valence-corrected chi connectivity index (χ1v) is 21.3. The molecule has 0 spiro atoms. The Kier molecular flexibility index (Phi) is 14.6. The van der Waals surface area contributed by atoms with E-state index in [1.165, 1.54) is 66.6 Å². The number of rotatable bonds is 11. The lowest BCUT2D eigenvalue weighted by Crippen LogP contribution is -2.34. The number of likely N-dealkylation sites (N-methyl/N-ethyl adjacent to an activating group) is 1. The molecule has 7 rings (SSSR count). The van der Waals surface area contributed by atoms with E-state index in [2.05, 4.69) is 220 Å². The van der Waals surface area contributed by atoms with Gasteiger partial charge in [0.1, 0.15) is 24.2 Å². The van der Waals surface area contributed by atoms with Crippen LogP contribution in [0.15, 0.2) is 145 Å².